The minimum Gasteiger partial charge on any atom is -0.740 e. The maximum atomic E-state index is 13.6. The number of urea groups is 1. The molecule has 0 spiro atoms. The van der Waals surface area contributed by atoms with Crippen molar-refractivity contribution in [3.8, 4) is 0 Å². The summed E-state index contributed by atoms with van der Waals surface area (Å²) in [5.74, 6) is 0.485. The van der Waals surface area contributed by atoms with Crippen LogP contribution in [0.3, 0.4) is 0 Å². The number of nitrogens with zero attached hydrogens (tertiary/aromatic N) is 4. The average Bonchev–Trinajstić information content (AvgIpc) is 3.50. The second-order valence-corrected chi connectivity index (χ2v) is 11.0. The lowest BCUT2D eigenvalue weighted by Gasteiger charge is -2.40. The van der Waals surface area contributed by atoms with Crippen molar-refractivity contribution in [1.82, 2.24) is 14.4 Å². The van der Waals surface area contributed by atoms with Gasteiger partial charge in [0, 0.05) is 18.9 Å². The highest BCUT2D eigenvalue weighted by molar-refractivity contribution is 7.91. The highest BCUT2D eigenvalue weighted by Crippen LogP contribution is 2.39. The molecule has 2 amide bonds. The number of hydrogen-bond acceptors (Lipinski definition) is 7. The number of nitrogens with one attached hydrogen (secondary N) is 1. The molecule has 2 aromatic rings. The van der Waals surface area contributed by atoms with Crippen LogP contribution >= 0.6 is 0 Å². The van der Waals surface area contributed by atoms with E-state index in [0.717, 1.165) is 54.0 Å². The van der Waals surface area contributed by atoms with Crippen LogP contribution in [0.1, 0.15) is 59.5 Å². The van der Waals surface area contributed by atoms with E-state index in [1.54, 1.807) is 13.8 Å². The van der Waals surface area contributed by atoms with Crippen molar-refractivity contribution < 1.29 is 17.9 Å². The Morgan fingerprint density at radius 1 is 1.09 bits per heavy atom. The van der Waals surface area contributed by atoms with Crippen LogP contribution in [0.15, 0.2) is 12.3 Å². The SMILES string of the molecule is Cc1ncc(N(C2CCOCC2)S(=O)(=O)N([O-])C(=O)Nc2c3c(cc4c2CCC4)CCC3)c(C)n1. The molecule has 188 valence electrons. The van der Waals surface area contributed by atoms with E-state index in [2.05, 4.69) is 21.4 Å². The molecular formula is C24H30N5O5S-. The average molecular weight is 501 g/mol. The quantitative estimate of drug-likeness (QED) is 0.624. The number of benzene rings is 1. The number of carbonyl (C=O) groups is 1. The normalized spacial score (nSPS) is 17.7. The first kappa shape index (κ1) is 24.0. The summed E-state index contributed by atoms with van der Waals surface area (Å²) in [6.45, 7) is 4.08. The minimum atomic E-state index is -4.77. The van der Waals surface area contributed by atoms with E-state index in [0.29, 0.717) is 43.3 Å². The van der Waals surface area contributed by atoms with Gasteiger partial charge in [-0.3, -0.25) is 4.47 Å². The molecule has 11 heteroatoms. The van der Waals surface area contributed by atoms with Gasteiger partial charge in [0.05, 0.1) is 23.6 Å². The highest BCUT2D eigenvalue weighted by atomic mass is 32.2. The Bertz CT molecular complexity index is 1230. The van der Waals surface area contributed by atoms with Crippen molar-refractivity contribution in [2.45, 2.75) is 71.3 Å². The molecular weight excluding hydrogens is 470 g/mol. The smallest absolute Gasteiger partial charge is 0.326 e. The molecule has 0 saturated carbocycles. The van der Waals surface area contributed by atoms with E-state index in [1.165, 1.54) is 17.3 Å². The fourth-order valence-electron chi connectivity index (χ4n) is 5.53. The van der Waals surface area contributed by atoms with Crippen molar-refractivity contribution in [1.29, 1.82) is 0 Å². The Morgan fingerprint density at radius 2 is 1.71 bits per heavy atom. The van der Waals surface area contributed by atoms with E-state index in [-0.39, 0.29) is 5.69 Å². The number of aryl methyl sites for hydroxylation is 4. The second kappa shape index (κ2) is 9.36. The van der Waals surface area contributed by atoms with Gasteiger partial charge in [-0.25, -0.2) is 19.1 Å². The van der Waals surface area contributed by atoms with Gasteiger partial charge in [0.1, 0.15) is 5.82 Å². The maximum Gasteiger partial charge on any atom is 0.326 e. The van der Waals surface area contributed by atoms with Gasteiger partial charge in [0.15, 0.2) is 0 Å². The second-order valence-electron chi connectivity index (χ2n) is 9.43. The van der Waals surface area contributed by atoms with Gasteiger partial charge in [-0.05, 0) is 87.5 Å². The lowest BCUT2D eigenvalue weighted by Crippen LogP contribution is -2.51. The Balaban J connectivity index is 1.48. The number of ether oxygens (including phenoxy) is 1. The fourth-order valence-corrected chi connectivity index (χ4v) is 6.96. The Hall–Kier alpha value is -2.76. The lowest BCUT2D eigenvalue weighted by molar-refractivity contribution is 0.0873. The Kier molecular flexibility index (Phi) is 6.41. The molecule has 1 aromatic heterocycles. The van der Waals surface area contributed by atoms with Crippen LogP contribution in [0.5, 0.6) is 0 Å². The van der Waals surface area contributed by atoms with Crippen LogP contribution in [0.4, 0.5) is 16.2 Å². The van der Waals surface area contributed by atoms with Gasteiger partial charge in [-0.15, -0.1) is 0 Å². The zero-order chi connectivity index (χ0) is 24.7. The zero-order valence-electron chi connectivity index (χ0n) is 20.0. The van der Waals surface area contributed by atoms with E-state index in [1.807, 2.05) is 0 Å². The topological polar surface area (TPSA) is 128 Å². The molecule has 2 aliphatic carbocycles. The third-order valence-electron chi connectivity index (χ3n) is 7.16. The molecule has 1 N–H and O–H groups in total. The summed E-state index contributed by atoms with van der Waals surface area (Å²) in [7, 11) is -4.77. The summed E-state index contributed by atoms with van der Waals surface area (Å²) < 4.78 is 33.3. The van der Waals surface area contributed by atoms with Crippen molar-refractivity contribution in [3.05, 3.63) is 51.2 Å². The van der Waals surface area contributed by atoms with Gasteiger partial charge < -0.3 is 15.3 Å². The van der Waals surface area contributed by atoms with Gasteiger partial charge in [0.25, 0.3) is 0 Å². The molecule has 35 heavy (non-hydrogen) atoms. The molecule has 0 bridgehead atoms. The molecule has 0 radical (unpaired) electrons. The molecule has 2 heterocycles. The molecule has 3 aliphatic rings. The van der Waals surface area contributed by atoms with Crippen LogP contribution in [-0.2, 0) is 40.6 Å². The largest absolute Gasteiger partial charge is 0.740 e. The monoisotopic (exact) mass is 500 g/mol. The third kappa shape index (κ3) is 4.36. The summed E-state index contributed by atoms with van der Waals surface area (Å²) in [5.41, 5.74) is 5.64. The van der Waals surface area contributed by atoms with Gasteiger partial charge in [-0.1, -0.05) is 6.07 Å². The number of aromatic nitrogens is 2. The number of hydroxylamine groups is 1. The number of amides is 2. The minimum absolute atomic E-state index is 0.192. The first-order valence-electron chi connectivity index (χ1n) is 12.1. The predicted octanol–water partition coefficient (Wildman–Crippen LogP) is 3.33. The third-order valence-corrected chi connectivity index (χ3v) is 8.74. The van der Waals surface area contributed by atoms with Crippen LogP contribution in [0.2, 0.25) is 0 Å². The van der Waals surface area contributed by atoms with Crippen LogP contribution < -0.4 is 9.62 Å². The highest BCUT2D eigenvalue weighted by Gasteiger charge is 2.37. The van der Waals surface area contributed by atoms with E-state index < -0.39 is 26.8 Å². The lowest BCUT2D eigenvalue weighted by atomic mass is 9.99. The Morgan fingerprint density at radius 3 is 2.31 bits per heavy atom. The van der Waals surface area contributed by atoms with Crippen molar-refractivity contribution >= 4 is 27.6 Å². The van der Waals surface area contributed by atoms with E-state index in [9.17, 15) is 18.4 Å². The molecule has 1 aliphatic heterocycles. The van der Waals surface area contributed by atoms with Gasteiger partial charge >= 0.3 is 16.2 Å². The molecule has 0 atom stereocenters. The first-order valence-corrected chi connectivity index (χ1v) is 13.5. The van der Waals surface area contributed by atoms with Crippen molar-refractivity contribution in [2.24, 2.45) is 0 Å². The standard InChI is InChI=1S/C24H30N5O5S/c1-15-22(14-25-16(2)26-15)28(19-9-11-34-12-10-19)35(32,33)29(31)24(30)27-23-20-7-3-5-17(20)13-18-6-4-8-21(18)23/h13-14,19H,3-12H2,1-2H3,(H,27,30)/q-1. The van der Waals surface area contributed by atoms with E-state index in [4.69, 9.17) is 4.74 Å². The number of hydrogen-bond donors (Lipinski definition) is 1. The van der Waals surface area contributed by atoms with Crippen LogP contribution in [-0.4, -0.2) is 48.1 Å². The van der Waals surface area contributed by atoms with Gasteiger partial charge in [0.2, 0.25) is 0 Å². The number of rotatable bonds is 5. The summed E-state index contributed by atoms with van der Waals surface area (Å²) in [5, 5.41) is 15.9. The zero-order valence-corrected chi connectivity index (χ0v) is 20.9. The molecule has 5 rings (SSSR count). The molecule has 0 unspecified atom stereocenters. The van der Waals surface area contributed by atoms with Gasteiger partial charge in [-0.2, -0.15) is 8.42 Å². The van der Waals surface area contributed by atoms with Crippen molar-refractivity contribution in [2.75, 3.05) is 22.8 Å². The fraction of sp³-hybridized carbons (Fsp3) is 0.542. The molecule has 10 nitrogen and oxygen atoms in total. The molecule has 1 fully saturated rings. The Labute approximate surface area is 205 Å². The number of fused-ring (bicyclic) bond motifs is 2. The van der Waals surface area contributed by atoms with Crippen LogP contribution in [0.25, 0.3) is 0 Å². The summed E-state index contributed by atoms with van der Waals surface area (Å²) in [6.07, 6.45) is 7.59. The molecule has 1 aromatic carbocycles. The van der Waals surface area contributed by atoms with E-state index >= 15 is 0 Å². The summed E-state index contributed by atoms with van der Waals surface area (Å²) in [6, 6.07) is 0.453. The van der Waals surface area contributed by atoms with Crippen LogP contribution in [0, 0.1) is 19.1 Å². The number of carbonyl (C=O) groups excluding carboxylic acids is 1. The first-order chi connectivity index (χ1) is 16.8. The van der Waals surface area contributed by atoms with Crippen molar-refractivity contribution in [3.63, 3.8) is 0 Å². The predicted molar refractivity (Wildman–Crippen MR) is 131 cm³/mol. The number of anilines is 2. The molecule has 1 saturated heterocycles. The summed E-state index contributed by atoms with van der Waals surface area (Å²) >= 11 is 0. The maximum absolute atomic E-state index is 13.6. The summed E-state index contributed by atoms with van der Waals surface area (Å²) in [4.78, 5) is 21.6.